The van der Waals surface area contributed by atoms with Gasteiger partial charge in [-0.2, -0.15) is 8.99 Å². The van der Waals surface area contributed by atoms with Crippen LogP contribution in [0.25, 0.3) is 5.69 Å². The van der Waals surface area contributed by atoms with Crippen molar-refractivity contribution in [3.05, 3.63) is 53.1 Å². The van der Waals surface area contributed by atoms with Gasteiger partial charge in [0.25, 0.3) is 0 Å². The van der Waals surface area contributed by atoms with Crippen molar-refractivity contribution in [1.29, 1.82) is 0 Å². The van der Waals surface area contributed by atoms with Crippen LogP contribution in [0.15, 0.2) is 52.5 Å². The van der Waals surface area contributed by atoms with Crippen molar-refractivity contribution in [3.8, 4) is 5.69 Å². The summed E-state index contributed by atoms with van der Waals surface area (Å²) in [6.45, 7) is 6.11. The number of hydrogen-bond donors (Lipinski definition) is 1. The molecule has 1 amide bonds. The molecular weight excluding hydrogens is 472 g/mol. The molecule has 0 saturated heterocycles. The van der Waals surface area contributed by atoms with E-state index in [4.69, 9.17) is 11.6 Å². The van der Waals surface area contributed by atoms with Gasteiger partial charge in [0.1, 0.15) is 0 Å². The van der Waals surface area contributed by atoms with Crippen LogP contribution < -0.4 is 5.32 Å². The minimum absolute atomic E-state index is 0.0421. The zero-order valence-corrected chi connectivity index (χ0v) is 20.2. The second kappa shape index (κ2) is 10.4. The van der Waals surface area contributed by atoms with Crippen LogP contribution in [0.5, 0.6) is 0 Å². The Bertz CT molecular complexity index is 1190. The number of rotatable bonds is 9. The molecule has 170 valence electrons. The Labute approximate surface area is 196 Å². The summed E-state index contributed by atoms with van der Waals surface area (Å²) in [5, 5.41) is 15.4. The highest BCUT2D eigenvalue weighted by molar-refractivity contribution is 7.99. The normalized spacial score (nSPS) is 11.7. The Hall–Kier alpha value is -2.47. The molecule has 0 aliphatic heterocycles. The maximum atomic E-state index is 12.8. The van der Waals surface area contributed by atoms with Gasteiger partial charge in [0.05, 0.1) is 16.3 Å². The second-order valence-electron chi connectivity index (χ2n) is 6.75. The van der Waals surface area contributed by atoms with Crippen molar-refractivity contribution in [1.82, 2.24) is 24.5 Å². The Morgan fingerprint density at radius 2 is 1.84 bits per heavy atom. The van der Waals surface area contributed by atoms with Gasteiger partial charge in [-0.15, -0.1) is 5.10 Å². The Morgan fingerprint density at radius 1 is 1.16 bits per heavy atom. The molecular formula is C20H23ClN6O3S2. The van der Waals surface area contributed by atoms with Crippen LogP contribution in [0.1, 0.15) is 19.4 Å². The van der Waals surface area contributed by atoms with Crippen LogP contribution in [-0.4, -0.2) is 57.7 Å². The van der Waals surface area contributed by atoms with E-state index in [2.05, 4.69) is 20.8 Å². The Kier molecular flexibility index (Phi) is 7.88. The first-order chi connectivity index (χ1) is 15.3. The van der Waals surface area contributed by atoms with Gasteiger partial charge >= 0.3 is 0 Å². The highest BCUT2D eigenvalue weighted by atomic mass is 35.5. The topological polar surface area (TPSA) is 110 Å². The number of halogens is 1. The largest absolute Gasteiger partial charge is 0.325 e. The van der Waals surface area contributed by atoms with Crippen LogP contribution in [0.2, 0.25) is 5.02 Å². The van der Waals surface area contributed by atoms with Gasteiger partial charge in [-0.3, -0.25) is 4.79 Å². The molecule has 0 spiro atoms. The van der Waals surface area contributed by atoms with Crippen LogP contribution in [0, 0.1) is 6.92 Å². The summed E-state index contributed by atoms with van der Waals surface area (Å²) in [5.74, 6) is -0.262. The molecule has 0 fully saturated rings. The molecule has 9 nitrogen and oxygen atoms in total. The molecule has 3 rings (SSSR count). The molecule has 0 atom stereocenters. The fourth-order valence-corrected chi connectivity index (χ4v) is 5.24. The summed E-state index contributed by atoms with van der Waals surface area (Å²) in [4.78, 5) is 12.7. The number of amides is 1. The number of carbonyl (C=O) groups excluding carboxylic acids is 1. The summed E-state index contributed by atoms with van der Waals surface area (Å²) in [5.41, 5.74) is 1.92. The molecule has 32 heavy (non-hydrogen) atoms. The lowest BCUT2D eigenvalue weighted by Crippen LogP contribution is -2.30. The molecule has 0 aliphatic rings. The number of aromatic nitrogens is 4. The number of sulfonamides is 1. The summed E-state index contributed by atoms with van der Waals surface area (Å²) in [7, 11) is -3.63. The van der Waals surface area contributed by atoms with Crippen molar-refractivity contribution < 1.29 is 13.2 Å². The number of anilines is 1. The minimum atomic E-state index is -3.63. The maximum Gasteiger partial charge on any atom is 0.243 e. The quantitative estimate of drug-likeness (QED) is 0.454. The van der Waals surface area contributed by atoms with Crippen LogP contribution in [0.3, 0.4) is 0 Å². The highest BCUT2D eigenvalue weighted by Gasteiger charge is 2.22. The third-order valence-electron chi connectivity index (χ3n) is 4.67. The molecule has 0 bridgehead atoms. The van der Waals surface area contributed by atoms with Crippen molar-refractivity contribution in [2.75, 3.05) is 24.2 Å². The molecule has 0 saturated carbocycles. The van der Waals surface area contributed by atoms with Gasteiger partial charge in [0, 0.05) is 23.8 Å². The molecule has 3 aromatic rings. The lowest BCUT2D eigenvalue weighted by Gasteiger charge is -2.19. The van der Waals surface area contributed by atoms with Crippen molar-refractivity contribution >= 4 is 45.0 Å². The summed E-state index contributed by atoms with van der Waals surface area (Å²) in [6.07, 6.45) is 0. The zero-order chi connectivity index (χ0) is 23.3. The van der Waals surface area contributed by atoms with Gasteiger partial charge in [0.15, 0.2) is 0 Å². The number of nitrogens with zero attached hydrogens (tertiary/aromatic N) is 5. The second-order valence-corrected chi connectivity index (χ2v) is 10.1. The fraction of sp³-hybridized carbons (Fsp3) is 0.300. The van der Waals surface area contributed by atoms with Gasteiger partial charge in [0.2, 0.25) is 21.1 Å². The van der Waals surface area contributed by atoms with Gasteiger partial charge in [-0.1, -0.05) is 43.3 Å². The van der Waals surface area contributed by atoms with Gasteiger partial charge in [-0.05, 0) is 59.3 Å². The van der Waals surface area contributed by atoms with E-state index in [1.807, 2.05) is 0 Å². The average molecular weight is 495 g/mol. The van der Waals surface area contributed by atoms with E-state index in [-0.39, 0.29) is 16.6 Å². The smallest absolute Gasteiger partial charge is 0.243 e. The molecule has 0 aliphatic carbocycles. The van der Waals surface area contributed by atoms with E-state index in [0.717, 1.165) is 17.3 Å². The first-order valence-corrected chi connectivity index (χ1v) is 12.6. The molecule has 0 unspecified atom stereocenters. The zero-order valence-electron chi connectivity index (χ0n) is 17.8. The average Bonchev–Trinajstić information content (AvgIpc) is 3.23. The molecule has 0 radical (unpaired) electrons. The van der Waals surface area contributed by atoms with Crippen LogP contribution in [-0.2, 0) is 14.8 Å². The van der Waals surface area contributed by atoms with E-state index in [0.29, 0.717) is 34.6 Å². The fourth-order valence-electron chi connectivity index (χ4n) is 2.94. The van der Waals surface area contributed by atoms with Crippen LogP contribution in [0.4, 0.5) is 5.69 Å². The number of benzene rings is 2. The minimum Gasteiger partial charge on any atom is -0.325 e. The lowest BCUT2D eigenvalue weighted by atomic mass is 10.2. The first kappa shape index (κ1) is 24.2. The molecule has 1 N–H and O–H groups in total. The lowest BCUT2D eigenvalue weighted by molar-refractivity contribution is -0.113. The molecule has 1 heterocycles. The molecule has 2 aromatic carbocycles. The Morgan fingerprint density at radius 3 is 2.50 bits per heavy atom. The monoisotopic (exact) mass is 494 g/mol. The SMILES string of the molecule is CCN(CC)S(=O)(=O)c1ccc(C)c(NC(=O)CSc2nnnn2-c2ccc(Cl)cc2)c1. The third kappa shape index (κ3) is 5.47. The van der Waals surface area contributed by atoms with Gasteiger partial charge in [-0.25, -0.2) is 8.42 Å². The highest BCUT2D eigenvalue weighted by Crippen LogP contribution is 2.24. The van der Waals surface area contributed by atoms with E-state index in [1.54, 1.807) is 57.2 Å². The first-order valence-electron chi connectivity index (χ1n) is 9.84. The van der Waals surface area contributed by atoms with Crippen molar-refractivity contribution in [2.24, 2.45) is 0 Å². The van der Waals surface area contributed by atoms with Crippen molar-refractivity contribution in [3.63, 3.8) is 0 Å². The summed E-state index contributed by atoms with van der Waals surface area (Å²) < 4.78 is 28.5. The summed E-state index contributed by atoms with van der Waals surface area (Å²) in [6, 6.07) is 11.7. The standard InChI is InChI=1S/C20H23ClN6O3S2/c1-4-26(5-2)32(29,30)17-11-6-14(3)18(12-17)22-19(28)13-31-20-23-24-25-27(20)16-9-7-15(21)8-10-16/h6-12H,4-5,13H2,1-3H3,(H,22,28). The number of tetrazole rings is 1. The number of carbonyl (C=O) groups is 1. The number of hydrogen-bond acceptors (Lipinski definition) is 7. The Balaban J connectivity index is 1.71. The number of nitrogens with one attached hydrogen (secondary N) is 1. The molecule has 1 aromatic heterocycles. The predicted octanol–water partition coefficient (Wildman–Crippen LogP) is 3.39. The number of aryl methyl sites for hydroxylation is 1. The van der Waals surface area contributed by atoms with Crippen LogP contribution >= 0.6 is 23.4 Å². The summed E-state index contributed by atoms with van der Waals surface area (Å²) >= 11 is 7.08. The maximum absolute atomic E-state index is 12.8. The van der Waals surface area contributed by atoms with Crippen molar-refractivity contribution in [2.45, 2.75) is 30.8 Å². The number of thioether (sulfide) groups is 1. The van der Waals surface area contributed by atoms with E-state index in [1.165, 1.54) is 15.1 Å². The van der Waals surface area contributed by atoms with E-state index >= 15 is 0 Å². The van der Waals surface area contributed by atoms with E-state index < -0.39 is 10.0 Å². The third-order valence-corrected chi connectivity index (χ3v) is 7.89. The van der Waals surface area contributed by atoms with Gasteiger partial charge < -0.3 is 5.32 Å². The molecule has 12 heteroatoms. The van der Waals surface area contributed by atoms with E-state index in [9.17, 15) is 13.2 Å². The predicted molar refractivity (Wildman–Crippen MR) is 125 cm³/mol.